The molecule has 2 rings (SSSR count). The van der Waals surface area contributed by atoms with Crippen LogP contribution in [0.15, 0.2) is 30.3 Å². The number of carbonyl (C=O) groups excluding carboxylic acids is 1. The zero-order chi connectivity index (χ0) is 16.1. The van der Waals surface area contributed by atoms with Crippen LogP contribution in [0.5, 0.6) is 0 Å². The molecule has 22 heavy (non-hydrogen) atoms. The zero-order valence-electron chi connectivity index (χ0n) is 13.4. The first-order valence-electron chi connectivity index (χ1n) is 8.08. The number of aliphatic carboxylic acids is 1. The fourth-order valence-electron chi connectivity index (χ4n) is 3.32. The summed E-state index contributed by atoms with van der Waals surface area (Å²) in [4.78, 5) is 25.7. The van der Waals surface area contributed by atoms with Crippen LogP contribution in [0.3, 0.4) is 0 Å². The van der Waals surface area contributed by atoms with E-state index in [0.29, 0.717) is 25.4 Å². The second-order valence-corrected chi connectivity index (χ2v) is 6.36. The van der Waals surface area contributed by atoms with Gasteiger partial charge < -0.3 is 10.0 Å². The van der Waals surface area contributed by atoms with E-state index in [9.17, 15) is 14.7 Å². The van der Waals surface area contributed by atoms with Crippen LogP contribution in [0.2, 0.25) is 0 Å². The summed E-state index contributed by atoms with van der Waals surface area (Å²) in [5.74, 6) is -0.982. The van der Waals surface area contributed by atoms with Gasteiger partial charge in [0.2, 0.25) is 5.91 Å². The molecule has 1 heterocycles. The third kappa shape index (κ3) is 3.87. The molecule has 0 radical (unpaired) electrons. The molecule has 4 heteroatoms. The van der Waals surface area contributed by atoms with Gasteiger partial charge in [-0.05, 0) is 11.5 Å². The summed E-state index contributed by atoms with van der Waals surface area (Å²) in [5.41, 5.74) is 1.01. The van der Waals surface area contributed by atoms with Gasteiger partial charge in [0.1, 0.15) is 0 Å². The quantitative estimate of drug-likeness (QED) is 0.878. The van der Waals surface area contributed by atoms with E-state index in [0.717, 1.165) is 18.4 Å². The fraction of sp³-hybridized carbons (Fsp3) is 0.556. The van der Waals surface area contributed by atoms with Crippen molar-refractivity contribution in [1.82, 2.24) is 4.90 Å². The first kappa shape index (κ1) is 16.5. The van der Waals surface area contributed by atoms with Crippen LogP contribution < -0.4 is 0 Å². The predicted molar refractivity (Wildman–Crippen MR) is 85.6 cm³/mol. The van der Waals surface area contributed by atoms with Crippen LogP contribution >= 0.6 is 0 Å². The van der Waals surface area contributed by atoms with Crippen LogP contribution in [0.1, 0.15) is 44.6 Å². The number of nitrogens with zero attached hydrogens (tertiary/aromatic N) is 1. The number of amides is 1. The molecule has 1 aliphatic heterocycles. The molecule has 1 aliphatic rings. The van der Waals surface area contributed by atoms with Gasteiger partial charge in [0.25, 0.3) is 0 Å². The predicted octanol–water partition coefficient (Wildman–Crippen LogP) is 3.14. The van der Waals surface area contributed by atoms with Crippen molar-refractivity contribution in [3.8, 4) is 0 Å². The average Bonchev–Trinajstić information content (AvgIpc) is 2.94. The molecule has 0 bridgehead atoms. The van der Waals surface area contributed by atoms with E-state index in [4.69, 9.17) is 0 Å². The average molecular weight is 303 g/mol. The Labute approximate surface area is 132 Å². The summed E-state index contributed by atoms with van der Waals surface area (Å²) in [7, 11) is 0. The summed E-state index contributed by atoms with van der Waals surface area (Å²) in [6, 6.07) is 9.66. The number of carbonyl (C=O) groups is 2. The van der Waals surface area contributed by atoms with Crippen molar-refractivity contribution < 1.29 is 14.7 Å². The Hall–Kier alpha value is -1.84. The normalized spacial score (nSPS) is 22.5. The third-order valence-electron chi connectivity index (χ3n) is 4.52. The molecule has 1 N–H and O–H groups in total. The SMILES string of the molecule is CCCC(C)CC(=O)N1CC(C(=O)O)C(c2ccccc2)C1. The van der Waals surface area contributed by atoms with E-state index < -0.39 is 11.9 Å². The van der Waals surface area contributed by atoms with Crippen molar-refractivity contribution in [2.45, 2.75) is 39.0 Å². The van der Waals surface area contributed by atoms with Gasteiger partial charge in [-0.15, -0.1) is 0 Å². The highest BCUT2D eigenvalue weighted by Crippen LogP contribution is 2.33. The maximum atomic E-state index is 12.4. The molecule has 1 amide bonds. The molecule has 0 saturated carbocycles. The molecule has 1 aromatic rings. The molecule has 1 aromatic carbocycles. The van der Waals surface area contributed by atoms with Gasteiger partial charge in [-0.3, -0.25) is 9.59 Å². The lowest BCUT2D eigenvalue weighted by molar-refractivity contribution is -0.141. The van der Waals surface area contributed by atoms with Gasteiger partial charge in [0.05, 0.1) is 5.92 Å². The highest BCUT2D eigenvalue weighted by molar-refractivity contribution is 5.79. The van der Waals surface area contributed by atoms with Crippen LogP contribution in [-0.2, 0) is 9.59 Å². The van der Waals surface area contributed by atoms with E-state index in [1.807, 2.05) is 30.3 Å². The summed E-state index contributed by atoms with van der Waals surface area (Å²) < 4.78 is 0. The van der Waals surface area contributed by atoms with Crippen molar-refractivity contribution in [3.63, 3.8) is 0 Å². The highest BCUT2D eigenvalue weighted by atomic mass is 16.4. The van der Waals surface area contributed by atoms with Gasteiger partial charge in [0, 0.05) is 25.4 Å². The van der Waals surface area contributed by atoms with Crippen molar-refractivity contribution in [1.29, 1.82) is 0 Å². The van der Waals surface area contributed by atoms with E-state index >= 15 is 0 Å². The molecule has 3 unspecified atom stereocenters. The summed E-state index contributed by atoms with van der Waals surface area (Å²) >= 11 is 0. The van der Waals surface area contributed by atoms with Gasteiger partial charge in [0.15, 0.2) is 0 Å². The molecule has 120 valence electrons. The number of carboxylic acid groups (broad SMARTS) is 1. The first-order chi connectivity index (χ1) is 10.5. The Kier molecular flexibility index (Phi) is 5.58. The van der Waals surface area contributed by atoms with E-state index in [2.05, 4.69) is 13.8 Å². The van der Waals surface area contributed by atoms with Gasteiger partial charge in [-0.2, -0.15) is 0 Å². The van der Waals surface area contributed by atoms with E-state index in [-0.39, 0.29) is 11.8 Å². The Morgan fingerprint density at radius 3 is 2.55 bits per heavy atom. The number of hydrogen-bond donors (Lipinski definition) is 1. The summed E-state index contributed by atoms with van der Waals surface area (Å²) in [6.07, 6.45) is 2.62. The number of rotatable bonds is 6. The van der Waals surface area contributed by atoms with Crippen molar-refractivity contribution in [3.05, 3.63) is 35.9 Å². The molecule has 1 fully saturated rings. The Bertz CT molecular complexity index is 514. The molecule has 4 nitrogen and oxygen atoms in total. The maximum absolute atomic E-state index is 12.4. The summed E-state index contributed by atoms with van der Waals surface area (Å²) in [5, 5.41) is 9.47. The maximum Gasteiger partial charge on any atom is 0.308 e. The first-order valence-corrected chi connectivity index (χ1v) is 8.08. The van der Waals surface area contributed by atoms with Crippen molar-refractivity contribution >= 4 is 11.9 Å². The molecule has 0 spiro atoms. The smallest absolute Gasteiger partial charge is 0.308 e. The molecule has 0 aliphatic carbocycles. The van der Waals surface area contributed by atoms with Crippen molar-refractivity contribution in [2.24, 2.45) is 11.8 Å². The topological polar surface area (TPSA) is 57.6 Å². The van der Waals surface area contributed by atoms with Gasteiger partial charge in [-0.1, -0.05) is 57.0 Å². The molecule has 3 atom stereocenters. The second-order valence-electron chi connectivity index (χ2n) is 6.36. The van der Waals surface area contributed by atoms with Crippen LogP contribution in [-0.4, -0.2) is 35.0 Å². The third-order valence-corrected chi connectivity index (χ3v) is 4.52. The molecule has 1 saturated heterocycles. The fourth-order valence-corrected chi connectivity index (χ4v) is 3.32. The lowest BCUT2D eigenvalue weighted by atomic mass is 9.89. The standard InChI is InChI=1S/C18H25NO3/c1-3-7-13(2)10-17(20)19-11-15(16(12-19)18(21)22)14-8-5-4-6-9-14/h4-6,8-9,13,15-16H,3,7,10-12H2,1-2H3,(H,21,22). The summed E-state index contributed by atoms with van der Waals surface area (Å²) in [6.45, 7) is 5.04. The molecule has 0 aromatic heterocycles. The van der Waals surface area contributed by atoms with Crippen molar-refractivity contribution in [2.75, 3.05) is 13.1 Å². The Morgan fingerprint density at radius 2 is 1.95 bits per heavy atom. The minimum Gasteiger partial charge on any atom is -0.481 e. The van der Waals surface area contributed by atoms with Gasteiger partial charge >= 0.3 is 5.97 Å². The van der Waals surface area contributed by atoms with Crippen LogP contribution in [0, 0.1) is 11.8 Å². The number of benzene rings is 1. The van der Waals surface area contributed by atoms with Gasteiger partial charge in [-0.25, -0.2) is 0 Å². The molecular formula is C18H25NO3. The second kappa shape index (κ2) is 7.43. The van der Waals surface area contributed by atoms with E-state index in [1.54, 1.807) is 4.90 Å². The molecular weight excluding hydrogens is 278 g/mol. The Morgan fingerprint density at radius 1 is 1.27 bits per heavy atom. The monoisotopic (exact) mass is 303 g/mol. The number of carboxylic acids is 1. The van der Waals surface area contributed by atoms with Crippen LogP contribution in [0.4, 0.5) is 0 Å². The Balaban J connectivity index is 2.07. The van der Waals surface area contributed by atoms with E-state index in [1.165, 1.54) is 0 Å². The lowest BCUT2D eigenvalue weighted by Crippen LogP contribution is -2.30. The minimum atomic E-state index is -0.814. The zero-order valence-corrected chi connectivity index (χ0v) is 13.4. The number of hydrogen-bond acceptors (Lipinski definition) is 2. The lowest BCUT2D eigenvalue weighted by Gasteiger charge is -2.19. The minimum absolute atomic E-state index is 0.0885. The van der Waals surface area contributed by atoms with Crippen LogP contribution in [0.25, 0.3) is 0 Å². The largest absolute Gasteiger partial charge is 0.481 e. The number of likely N-dealkylation sites (tertiary alicyclic amines) is 1. The highest BCUT2D eigenvalue weighted by Gasteiger charge is 2.40.